The van der Waals surface area contributed by atoms with Gasteiger partial charge in [-0.15, -0.1) is 0 Å². The van der Waals surface area contributed by atoms with Crippen molar-refractivity contribution in [1.29, 1.82) is 0 Å². The fourth-order valence-electron chi connectivity index (χ4n) is 5.05. The summed E-state index contributed by atoms with van der Waals surface area (Å²) in [6.07, 6.45) is 5.85. The largest absolute Gasteiger partial charge is 0.350 e. The molecule has 0 spiro atoms. The van der Waals surface area contributed by atoms with Crippen LogP contribution in [0.25, 0.3) is 0 Å². The molecule has 3 aliphatic rings. The van der Waals surface area contributed by atoms with Crippen molar-refractivity contribution < 1.29 is 14.4 Å². The van der Waals surface area contributed by atoms with E-state index in [2.05, 4.69) is 38.2 Å². The first-order valence-corrected chi connectivity index (χ1v) is 8.83. The highest BCUT2D eigenvalue weighted by Gasteiger charge is 2.59. The third-order valence-electron chi connectivity index (χ3n) is 5.31. The van der Waals surface area contributed by atoms with Gasteiger partial charge in [0.15, 0.2) is 0 Å². The minimum Gasteiger partial charge on any atom is -0.350 e. The van der Waals surface area contributed by atoms with Gasteiger partial charge < -0.3 is 5.32 Å². The maximum Gasteiger partial charge on any atom is 0.240 e. The topological polar surface area (TPSA) is 66.5 Å². The van der Waals surface area contributed by atoms with E-state index in [1.807, 2.05) is 13.8 Å². The second-order valence-corrected chi connectivity index (χ2v) is 9.43. The Bertz CT molecular complexity index is 585. The molecule has 4 atom stereocenters. The molecule has 0 aromatic carbocycles. The summed E-state index contributed by atoms with van der Waals surface area (Å²) in [4.78, 5) is 38.8. The smallest absolute Gasteiger partial charge is 0.240 e. The number of allylic oxidation sites excluding steroid dienone is 2. The SMILES string of the molecule is CC(C)(C)CC(C)(C)NC(=O)CN1C(=O)C2C3C=CC(C3)C2C1=O. The van der Waals surface area contributed by atoms with Gasteiger partial charge >= 0.3 is 0 Å². The van der Waals surface area contributed by atoms with E-state index in [0.29, 0.717) is 0 Å². The number of fused-ring (bicyclic) bond motifs is 5. The van der Waals surface area contributed by atoms with Gasteiger partial charge in [-0.1, -0.05) is 32.9 Å². The van der Waals surface area contributed by atoms with Gasteiger partial charge in [-0.3, -0.25) is 19.3 Å². The molecule has 2 fully saturated rings. The molecule has 2 aliphatic carbocycles. The van der Waals surface area contributed by atoms with Crippen molar-refractivity contribution in [3.05, 3.63) is 12.2 Å². The van der Waals surface area contributed by atoms with Crippen LogP contribution in [-0.2, 0) is 14.4 Å². The molecule has 132 valence electrons. The summed E-state index contributed by atoms with van der Waals surface area (Å²) in [5.41, 5.74) is -0.296. The first kappa shape index (κ1) is 17.2. The Hall–Kier alpha value is -1.65. The molecule has 3 rings (SSSR count). The van der Waals surface area contributed by atoms with Crippen LogP contribution < -0.4 is 5.32 Å². The molecular formula is C19H28N2O3. The molecule has 4 unspecified atom stereocenters. The monoisotopic (exact) mass is 332 g/mol. The molecule has 0 aromatic rings. The minimum absolute atomic E-state index is 0.0813. The number of carbonyl (C=O) groups excluding carboxylic acids is 3. The van der Waals surface area contributed by atoms with Crippen molar-refractivity contribution in [2.75, 3.05) is 6.54 Å². The van der Waals surface area contributed by atoms with Crippen LogP contribution in [0.1, 0.15) is 47.5 Å². The van der Waals surface area contributed by atoms with Crippen molar-refractivity contribution in [2.45, 2.75) is 53.0 Å². The molecule has 5 nitrogen and oxygen atoms in total. The van der Waals surface area contributed by atoms with Gasteiger partial charge in [-0.05, 0) is 43.9 Å². The molecule has 3 amide bonds. The summed E-state index contributed by atoms with van der Waals surface area (Å²) in [6.45, 7) is 10.2. The average molecular weight is 332 g/mol. The number of carbonyl (C=O) groups is 3. The van der Waals surface area contributed by atoms with Crippen molar-refractivity contribution in [3.63, 3.8) is 0 Å². The van der Waals surface area contributed by atoms with Gasteiger partial charge in [-0.2, -0.15) is 0 Å². The Labute approximate surface area is 143 Å². The van der Waals surface area contributed by atoms with Crippen LogP contribution in [0.3, 0.4) is 0 Å². The summed E-state index contributed by atoms with van der Waals surface area (Å²) in [5.74, 6) is -0.683. The fourth-order valence-corrected chi connectivity index (χ4v) is 5.05. The number of amides is 3. The zero-order valence-corrected chi connectivity index (χ0v) is 15.3. The Kier molecular flexibility index (Phi) is 3.89. The lowest BCUT2D eigenvalue weighted by molar-refractivity contribution is -0.144. The number of rotatable bonds is 4. The number of likely N-dealkylation sites (tertiary alicyclic amines) is 1. The lowest BCUT2D eigenvalue weighted by Crippen LogP contribution is -2.50. The maximum absolute atomic E-state index is 12.6. The molecule has 24 heavy (non-hydrogen) atoms. The Morgan fingerprint density at radius 3 is 2.04 bits per heavy atom. The standard InChI is InChI=1S/C19H28N2O3/c1-18(2,3)10-19(4,5)20-13(22)9-21-16(23)14-11-6-7-12(8-11)15(14)17(21)24/h6-7,11-12,14-15H,8-10H2,1-5H3,(H,20,22). The molecule has 1 N–H and O–H groups in total. The van der Waals surface area contributed by atoms with Crippen LogP contribution in [0.15, 0.2) is 12.2 Å². The van der Waals surface area contributed by atoms with Gasteiger partial charge in [-0.25, -0.2) is 0 Å². The summed E-state index contributed by atoms with van der Waals surface area (Å²) in [7, 11) is 0. The van der Waals surface area contributed by atoms with Crippen molar-refractivity contribution >= 4 is 17.7 Å². The Balaban J connectivity index is 1.64. The number of nitrogens with zero attached hydrogens (tertiary/aromatic N) is 1. The van der Waals surface area contributed by atoms with Gasteiger partial charge in [0.2, 0.25) is 17.7 Å². The van der Waals surface area contributed by atoms with E-state index in [9.17, 15) is 14.4 Å². The van der Waals surface area contributed by atoms with Crippen molar-refractivity contribution in [2.24, 2.45) is 29.1 Å². The highest BCUT2D eigenvalue weighted by atomic mass is 16.2. The average Bonchev–Trinajstić information content (AvgIpc) is 3.04. The second-order valence-electron chi connectivity index (χ2n) is 9.43. The molecule has 1 heterocycles. The van der Waals surface area contributed by atoms with Gasteiger partial charge in [0.1, 0.15) is 6.54 Å². The molecule has 0 radical (unpaired) electrons. The second kappa shape index (κ2) is 5.43. The molecule has 0 aromatic heterocycles. The molecule has 1 saturated heterocycles. The maximum atomic E-state index is 12.6. The number of nitrogens with one attached hydrogen (secondary N) is 1. The summed E-state index contributed by atoms with van der Waals surface area (Å²) in [6, 6.07) is 0. The normalized spacial score (nSPS) is 31.8. The van der Waals surface area contributed by atoms with Crippen molar-refractivity contribution in [3.8, 4) is 0 Å². The van der Waals surface area contributed by atoms with E-state index < -0.39 is 0 Å². The highest BCUT2D eigenvalue weighted by Crippen LogP contribution is 2.52. The summed E-state index contributed by atoms with van der Waals surface area (Å²) < 4.78 is 0. The van der Waals surface area contributed by atoms with Gasteiger partial charge in [0.05, 0.1) is 11.8 Å². The van der Waals surface area contributed by atoms with E-state index in [-0.39, 0.29) is 58.9 Å². The Morgan fingerprint density at radius 1 is 1.08 bits per heavy atom. The van der Waals surface area contributed by atoms with E-state index in [0.717, 1.165) is 12.8 Å². The predicted molar refractivity (Wildman–Crippen MR) is 90.7 cm³/mol. The van der Waals surface area contributed by atoms with E-state index in [4.69, 9.17) is 0 Å². The van der Waals surface area contributed by atoms with Crippen LogP contribution in [-0.4, -0.2) is 34.7 Å². The molecule has 2 bridgehead atoms. The molecule has 5 heteroatoms. The number of hydrogen-bond donors (Lipinski definition) is 1. The first-order chi connectivity index (χ1) is 11.0. The van der Waals surface area contributed by atoms with Crippen LogP contribution in [0.4, 0.5) is 0 Å². The van der Waals surface area contributed by atoms with Crippen LogP contribution in [0, 0.1) is 29.1 Å². The molecule has 1 saturated carbocycles. The van der Waals surface area contributed by atoms with Crippen LogP contribution in [0.5, 0.6) is 0 Å². The third kappa shape index (κ3) is 3.01. The predicted octanol–water partition coefficient (Wildman–Crippen LogP) is 2.12. The zero-order valence-electron chi connectivity index (χ0n) is 15.3. The number of hydrogen-bond acceptors (Lipinski definition) is 3. The Morgan fingerprint density at radius 2 is 1.58 bits per heavy atom. The first-order valence-electron chi connectivity index (χ1n) is 8.83. The van der Waals surface area contributed by atoms with Gasteiger partial charge in [0.25, 0.3) is 0 Å². The number of imide groups is 1. The zero-order chi connectivity index (χ0) is 17.9. The minimum atomic E-state index is -0.377. The van der Waals surface area contributed by atoms with E-state index >= 15 is 0 Å². The van der Waals surface area contributed by atoms with Crippen LogP contribution in [0.2, 0.25) is 0 Å². The summed E-state index contributed by atoms with van der Waals surface area (Å²) in [5, 5.41) is 2.98. The lowest BCUT2D eigenvalue weighted by atomic mass is 9.82. The summed E-state index contributed by atoms with van der Waals surface area (Å²) >= 11 is 0. The van der Waals surface area contributed by atoms with E-state index in [1.165, 1.54) is 4.90 Å². The van der Waals surface area contributed by atoms with Crippen molar-refractivity contribution in [1.82, 2.24) is 10.2 Å². The quantitative estimate of drug-likeness (QED) is 0.633. The fraction of sp³-hybridized carbons (Fsp3) is 0.737. The molecule has 1 aliphatic heterocycles. The third-order valence-corrected chi connectivity index (χ3v) is 5.31. The lowest BCUT2D eigenvalue weighted by Gasteiger charge is -2.33. The van der Waals surface area contributed by atoms with Crippen LogP contribution >= 0.6 is 0 Å². The molecular weight excluding hydrogens is 304 g/mol. The van der Waals surface area contributed by atoms with Gasteiger partial charge in [0, 0.05) is 5.54 Å². The highest BCUT2D eigenvalue weighted by molar-refractivity contribution is 6.08. The van der Waals surface area contributed by atoms with E-state index in [1.54, 1.807) is 0 Å².